The molecule has 2 aromatic carbocycles. The van der Waals surface area contributed by atoms with E-state index in [4.69, 9.17) is 9.98 Å². The summed E-state index contributed by atoms with van der Waals surface area (Å²) in [7, 11) is 0. The van der Waals surface area contributed by atoms with Crippen LogP contribution in [0.4, 0.5) is 11.4 Å². The van der Waals surface area contributed by atoms with Crippen LogP contribution >= 0.6 is 0 Å². The van der Waals surface area contributed by atoms with Gasteiger partial charge in [-0.25, -0.2) is 0 Å². The summed E-state index contributed by atoms with van der Waals surface area (Å²) in [5, 5.41) is 0. The second kappa shape index (κ2) is 20.4. The maximum atomic E-state index is 5.26. The van der Waals surface area contributed by atoms with Crippen LogP contribution in [-0.2, 0) is 46.1 Å². The maximum absolute atomic E-state index is 5.26. The van der Waals surface area contributed by atoms with E-state index in [9.17, 15) is 0 Å². The molecule has 0 aliphatic rings. The molecule has 214 valence electrons. The topological polar surface area (TPSA) is 24.7 Å². The Morgan fingerprint density at radius 1 is 0.500 bits per heavy atom. The summed E-state index contributed by atoms with van der Waals surface area (Å²) in [5.74, 6) is 0. The van der Waals surface area contributed by atoms with Crippen molar-refractivity contribution in [2.75, 3.05) is 0 Å². The summed E-state index contributed by atoms with van der Waals surface area (Å²) < 4.78 is 0. The van der Waals surface area contributed by atoms with Gasteiger partial charge in [0.05, 0.1) is 22.8 Å². The van der Waals surface area contributed by atoms with Gasteiger partial charge in [-0.05, 0) is 118 Å². The number of aryl methyl sites for hydroxylation is 4. The van der Waals surface area contributed by atoms with Crippen molar-refractivity contribution < 1.29 is 20.4 Å². The van der Waals surface area contributed by atoms with Crippen molar-refractivity contribution >= 4 is 22.8 Å². The van der Waals surface area contributed by atoms with E-state index in [1.165, 1.54) is 73.6 Å². The Hall–Kier alpha value is -1.56. The van der Waals surface area contributed by atoms with Crippen LogP contribution in [0.15, 0.2) is 46.4 Å². The second-order valence-electron chi connectivity index (χ2n) is 10.8. The van der Waals surface area contributed by atoms with E-state index in [0.29, 0.717) is 0 Å². The number of unbranched alkanes of at least 4 members (excludes halogenated alkanes) is 5. The molecule has 0 saturated heterocycles. The molecule has 0 atom stereocenters. The van der Waals surface area contributed by atoms with Gasteiger partial charge in [-0.15, -0.1) is 0 Å². The van der Waals surface area contributed by atoms with Gasteiger partial charge in [0.15, 0.2) is 0 Å². The van der Waals surface area contributed by atoms with Crippen molar-refractivity contribution in [2.24, 2.45) is 9.98 Å². The van der Waals surface area contributed by atoms with E-state index < -0.39 is 0 Å². The molecule has 2 nitrogen and oxygen atoms in total. The Kier molecular flexibility index (Phi) is 18.5. The Labute approximate surface area is 248 Å². The molecule has 0 spiro atoms. The van der Waals surface area contributed by atoms with Gasteiger partial charge in [0.25, 0.3) is 0 Å². The van der Waals surface area contributed by atoms with Crippen LogP contribution in [0.1, 0.15) is 134 Å². The van der Waals surface area contributed by atoms with Crippen molar-refractivity contribution in [1.82, 2.24) is 0 Å². The minimum absolute atomic E-state index is 0. The predicted molar refractivity (Wildman–Crippen MR) is 167 cm³/mol. The van der Waals surface area contributed by atoms with E-state index in [0.717, 1.165) is 67.7 Å². The van der Waals surface area contributed by atoms with Gasteiger partial charge >= 0.3 is 0 Å². The first-order valence-corrected chi connectivity index (χ1v) is 15.4. The number of hydrogen-bond donors (Lipinski definition) is 0. The van der Waals surface area contributed by atoms with Crippen molar-refractivity contribution in [2.45, 2.75) is 138 Å². The fraction of sp³-hybridized carbons (Fsp3) is 0.600. The van der Waals surface area contributed by atoms with Crippen LogP contribution in [-0.4, -0.2) is 11.4 Å². The molecule has 3 heteroatoms. The first-order valence-electron chi connectivity index (χ1n) is 15.4. The van der Waals surface area contributed by atoms with E-state index in [-0.39, 0.29) is 20.4 Å². The van der Waals surface area contributed by atoms with Gasteiger partial charge in [-0.1, -0.05) is 78.9 Å². The number of aliphatic imine (C=N–C) groups is 2. The zero-order valence-corrected chi connectivity index (χ0v) is 26.8. The normalized spacial score (nSPS) is 12.1. The first-order chi connectivity index (χ1) is 18.0. The molecule has 0 bridgehead atoms. The Balaban J connectivity index is 0.00000722. The standard InChI is InChI=1S/C35H54N2.Pd/c1-7-12-17-29-22-30(18-13-8-2)25-33(24-29)36-28(6)35(21-16-11-5)37-34-26-31(19-14-9-3)23-32(27-34)20-15-10-4;/h22-27H,7-21H2,1-6H3;/b36-28+,37-35+;. The van der Waals surface area contributed by atoms with Gasteiger partial charge in [0, 0.05) is 20.4 Å². The molecular weight excluding hydrogens is 555 g/mol. The molecule has 0 aliphatic heterocycles. The van der Waals surface area contributed by atoms with Crippen LogP contribution in [0.5, 0.6) is 0 Å². The first kappa shape index (κ1) is 34.5. The number of nitrogens with zero attached hydrogens (tertiary/aromatic N) is 2. The van der Waals surface area contributed by atoms with Crippen molar-refractivity contribution in [3.63, 3.8) is 0 Å². The van der Waals surface area contributed by atoms with Crippen LogP contribution < -0.4 is 0 Å². The van der Waals surface area contributed by atoms with E-state index in [1.807, 2.05) is 0 Å². The predicted octanol–water partition coefficient (Wildman–Crippen LogP) is 11.1. The monoisotopic (exact) mass is 608 g/mol. The number of benzene rings is 2. The SMILES string of the molecule is CCCCC(=N\c1cc(CCCC)cc(CCCC)c1)/C(C)=N/c1cc(CCCC)cc(CCCC)c1.[Pd]. The number of hydrogen-bond acceptors (Lipinski definition) is 2. The molecule has 2 rings (SSSR count). The summed E-state index contributed by atoms with van der Waals surface area (Å²) >= 11 is 0. The largest absolute Gasteiger partial charge is 0.252 e. The molecule has 0 saturated carbocycles. The second-order valence-corrected chi connectivity index (χ2v) is 10.8. The summed E-state index contributed by atoms with van der Waals surface area (Å²) in [5.41, 5.74) is 10.1. The molecule has 0 aromatic heterocycles. The Bertz CT molecular complexity index is 937. The molecule has 0 fully saturated rings. The molecule has 38 heavy (non-hydrogen) atoms. The van der Waals surface area contributed by atoms with Gasteiger partial charge in [-0.3, -0.25) is 9.98 Å². The molecule has 2 aromatic rings. The quantitative estimate of drug-likeness (QED) is 0.119. The Morgan fingerprint density at radius 2 is 0.842 bits per heavy atom. The third kappa shape index (κ3) is 13.0. The van der Waals surface area contributed by atoms with Gasteiger partial charge in [-0.2, -0.15) is 0 Å². The third-order valence-electron chi connectivity index (χ3n) is 7.10. The van der Waals surface area contributed by atoms with Crippen LogP contribution in [0.2, 0.25) is 0 Å². The van der Waals surface area contributed by atoms with E-state index in [2.05, 4.69) is 77.9 Å². The van der Waals surface area contributed by atoms with Gasteiger partial charge in [0.2, 0.25) is 0 Å². The summed E-state index contributed by atoms with van der Waals surface area (Å²) in [6.07, 6.45) is 17.7. The van der Waals surface area contributed by atoms with Crippen molar-refractivity contribution in [3.8, 4) is 0 Å². The molecule has 0 aliphatic carbocycles. The molecule has 0 radical (unpaired) electrons. The van der Waals surface area contributed by atoms with E-state index >= 15 is 0 Å². The molecule has 0 amide bonds. The third-order valence-corrected chi connectivity index (χ3v) is 7.10. The fourth-order valence-corrected chi connectivity index (χ4v) is 4.79. The van der Waals surface area contributed by atoms with Gasteiger partial charge < -0.3 is 0 Å². The smallest absolute Gasteiger partial charge is 0.0639 e. The average Bonchev–Trinajstić information content (AvgIpc) is 2.90. The zero-order valence-electron chi connectivity index (χ0n) is 25.3. The van der Waals surface area contributed by atoms with Crippen LogP contribution in [0.3, 0.4) is 0 Å². The number of rotatable bonds is 18. The maximum Gasteiger partial charge on any atom is 0.0639 e. The van der Waals surface area contributed by atoms with Crippen LogP contribution in [0.25, 0.3) is 0 Å². The Morgan fingerprint density at radius 3 is 1.18 bits per heavy atom. The molecular formula is C35H54N2Pd. The minimum atomic E-state index is 0. The average molecular weight is 609 g/mol. The van der Waals surface area contributed by atoms with E-state index in [1.54, 1.807) is 0 Å². The summed E-state index contributed by atoms with van der Waals surface area (Å²) in [6.45, 7) is 13.5. The molecule has 0 N–H and O–H groups in total. The summed E-state index contributed by atoms with van der Waals surface area (Å²) in [4.78, 5) is 10.4. The van der Waals surface area contributed by atoms with Crippen LogP contribution in [0, 0.1) is 0 Å². The fourth-order valence-electron chi connectivity index (χ4n) is 4.79. The molecule has 0 unspecified atom stereocenters. The zero-order chi connectivity index (χ0) is 26.9. The molecule has 0 heterocycles. The minimum Gasteiger partial charge on any atom is -0.252 e. The summed E-state index contributed by atoms with van der Waals surface area (Å²) in [6, 6.07) is 14.1. The van der Waals surface area contributed by atoms with Crippen molar-refractivity contribution in [3.05, 3.63) is 58.7 Å². The van der Waals surface area contributed by atoms with Crippen molar-refractivity contribution in [1.29, 1.82) is 0 Å². The van der Waals surface area contributed by atoms with Gasteiger partial charge in [0.1, 0.15) is 0 Å².